The number of hydrogen-bond donors (Lipinski definition) is 2. The Morgan fingerprint density at radius 2 is 1.77 bits per heavy atom. The molecule has 3 rings (SSSR count). The van der Waals surface area contributed by atoms with E-state index in [9.17, 15) is 4.79 Å². The summed E-state index contributed by atoms with van der Waals surface area (Å²) in [5.41, 5.74) is 4.05. The van der Waals surface area contributed by atoms with Gasteiger partial charge in [-0.1, -0.05) is 30.3 Å². The van der Waals surface area contributed by atoms with Gasteiger partial charge < -0.3 is 15.5 Å². The van der Waals surface area contributed by atoms with Crippen LogP contribution in [0.4, 0.5) is 10.5 Å². The van der Waals surface area contributed by atoms with E-state index in [2.05, 4.69) is 50.8 Å². The van der Waals surface area contributed by atoms with Crippen molar-refractivity contribution >= 4 is 11.7 Å². The summed E-state index contributed by atoms with van der Waals surface area (Å²) in [6, 6.07) is 14.4. The van der Waals surface area contributed by atoms with Crippen LogP contribution in [0.3, 0.4) is 0 Å². The van der Waals surface area contributed by atoms with E-state index in [-0.39, 0.29) is 6.03 Å². The molecule has 1 aliphatic rings. The van der Waals surface area contributed by atoms with Gasteiger partial charge in [0.2, 0.25) is 0 Å². The number of piperidine rings is 1. The fourth-order valence-electron chi connectivity index (χ4n) is 3.62. The molecular weight excluding hydrogens is 324 g/mol. The van der Waals surface area contributed by atoms with Crippen LogP contribution in [0.1, 0.15) is 35.7 Å². The second kappa shape index (κ2) is 8.81. The fraction of sp³-hybridized carbons (Fsp3) is 0.429. The van der Waals surface area contributed by atoms with Gasteiger partial charge in [0.05, 0.1) is 0 Å². The van der Waals surface area contributed by atoms with Crippen LogP contribution in [0.15, 0.2) is 42.5 Å². The van der Waals surface area contributed by atoms with Crippen molar-refractivity contribution in [3.05, 3.63) is 59.4 Å². The van der Waals surface area contributed by atoms with Gasteiger partial charge in [0.15, 0.2) is 0 Å². The monoisotopic (exact) mass is 352 g/mol. The number of carbonyl (C=O) groups is 1. The van der Waals surface area contributed by atoms with E-state index in [1.807, 2.05) is 26.0 Å². The summed E-state index contributed by atoms with van der Waals surface area (Å²) in [6.07, 6.45) is 2.37. The van der Waals surface area contributed by atoms with E-state index in [0.29, 0.717) is 12.5 Å². The largest absolute Gasteiger partial charge is 0.337 e. The fourth-order valence-corrected chi connectivity index (χ4v) is 3.62. The maximum atomic E-state index is 12.1. The number of rotatable bonds is 5. The van der Waals surface area contributed by atoms with Gasteiger partial charge in [-0.15, -0.1) is 0 Å². The second-order valence-electron chi connectivity index (χ2n) is 7.05. The third kappa shape index (κ3) is 5.30. The van der Waals surface area contributed by atoms with Gasteiger partial charge in [-0.2, -0.15) is 0 Å². The van der Waals surface area contributed by atoms with Gasteiger partial charge >= 0.3 is 6.03 Å². The van der Waals surface area contributed by atoms with Crippen LogP contribution in [0.25, 0.3) is 0 Å². The minimum atomic E-state index is -0.158. The van der Waals surface area contributed by atoms with E-state index in [4.69, 9.17) is 0 Å². The van der Waals surface area contributed by atoms with Crippen LogP contribution in [0, 0.1) is 13.8 Å². The van der Waals surface area contributed by atoms with Crippen molar-refractivity contribution in [2.45, 2.75) is 32.6 Å². The molecule has 1 aliphatic heterocycles. The highest BCUT2D eigenvalue weighted by molar-refractivity contribution is 5.89. The second-order valence-corrected chi connectivity index (χ2v) is 7.05. The lowest BCUT2D eigenvalue weighted by molar-refractivity contribution is 0.211. The minimum Gasteiger partial charge on any atom is -0.337 e. The van der Waals surface area contributed by atoms with Crippen molar-refractivity contribution in [1.82, 2.24) is 15.2 Å². The van der Waals surface area contributed by atoms with Crippen molar-refractivity contribution in [2.24, 2.45) is 0 Å². The van der Waals surface area contributed by atoms with Crippen molar-refractivity contribution in [1.29, 1.82) is 0 Å². The molecule has 0 atom stereocenters. The number of pyridine rings is 1. The lowest BCUT2D eigenvalue weighted by Crippen LogP contribution is -2.40. The molecule has 0 radical (unpaired) electrons. The highest BCUT2D eigenvalue weighted by Crippen LogP contribution is 2.27. The Kier molecular flexibility index (Phi) is 6.23. The zero-order valence-electron chi connectivity index (χ0n) is 15.7. The van der Waals surface area contributed by atoms with E-state index in [1.165, 1.54) is 18.4 Å². The average Bonchev–Trinajstić information content (AvgIpc) is 2.62. The maximum absolute atomic E-state index is 12.1. The number of carbonyl (C=O) groups excluding carboxylic acids is 1. The Morgan fingerprint density at radius 1 is 1.12 bits per heavy atom. The first-order chi connectivity index (χ1) is 12.6. The third-order valence-electron chi connectivity index (χ3n) is 4.91. The zero-order valence-corrected chi connectivity index (χ0v) is 15.7. The van der Waals surface area contributed by atoms with E-state index in [1.54, 1.807) is 0 Å². The number of nitrogens with zero attached hydrogens (tertiary/aromatic N) is 2. The van der Waals surface area contributed by atoms with Gasteiger partial charge in [0, 0.05) is 30.2 Å². The first-order valence-electron chi connectivity index (χ1n) is 9.37. The molecule has 0 spiro atoms. The third-order valence-corrected chi connectivity index (χ3v) is 4.91. The molecule has 5 heteroatoms. The molecule has 2 amide bonds. The predicted octanol–water partition coefficient (Wildman–Crippen LogP) is 3.70. The predicted molar refractivity (Wildman–Crippen MR) is 106 cm³/mol. The van der Waals surface area contributed by atoms with Gasteiger partial charge in [0.25, 0.3) is 0 Å². The molecule has 5 nitrogen and oxygen atoms in total. The van der Waals surface area contributed by atoms with E-state index < -0.39 is 0 Å². The Hall–Kier alpha value is -2.40. The van der Waals surface area contributed by atoms with Crippen LogP contribution in [0.5, 0.6) is 0 Å². The first-order valence-corrected chi connectivity index (χ1v) is 9.37. The van der Waals surface area contributed by atoms with E-state index in [0.717, 1.165) is 36.7 Å². The number of nitrogens with one attached hydrogen (secondary N) is 2. The number of likely N-dealkylation sites (tertiary alicyclic amines) is 1. The van der Waals surface area contributed by atoms with Crippen molar-refractivity contribution < 1.29 is 4.79 Å². The Morgan fingerprint density at radius 3 is 2.42 bits per heavy atom. The van der Waals surface area contributed by atoms with Crippen LogP contribution < -0.4 is 10.6 Å². The smallest absolute Gasteiger partial charge is 0.319 e. The molecule has 2 aromatic rings. The molecule has 1 fully saturated rings. The molecule has 1 aromatic heterocycles. The standard InChI is InChI=1S/C21H28N4O/c1-16-14-20(15-17(2)23-16)24-21(26)22-10-13-25-11-8-19(9-12-25)18-6-4-3-5-7-18/h3-7,14-15,19H,8-13H2,1-2H3,(H2,22,23,24,26). The van der Waals surface area contributed by atoms with Crippen molar-refractivity contribution in [2.75, 3.05) is 31.5 Å². The summed E-state index contributed by atoms with van der Waals surface area (Å²) in [6.45, 7) is 7.58. The highest BCUT2D eigenvalue weighted by Gasteiger charge is 2.20. The summed E-state index contributed by atoms with van der Waals surface area (Å²) in [5, 5.41) is 5.83. The number of hydrogen-bond acceptors (Lipinski definition) is 3. The normalized spacial score (nSPS) is 15.6. The molecular formula is C21H28N4O. The van der Waals surface area contributed by atoms with Crippen LogP contribution >= 0.6 is 0 Å². The maximum Gasteiger partial charge on any atom is 0.319 e. The van der Waals surface area contributed by atoms with Gasteiger partial charge in [-0.25, -0.2) is 4.79 Å². The molecule has 1 aromatic carbocycles. The molecule has 1 saturated heterocycles. The SMILES string of the molecule is Cc1cc(NC(=O)NCCN2CCC(c3ccccc3)CC2)cc(C)n1. The first kappa shape index (κ1) is 18.4. The number of amides is 2. The Balaban J connectivity index is 1.37. The molecule has 2 N–H and O–H groups in total. The lowest BCUT2D eigenvalue weighted by atomic mass is 9.89. The lowest BCUT2D eigenvalue weighted by Gasteiger charge is -2.32. The molecule has 0 bridgehead atoms. The summed E-state index contributed by atoms with van der Waals surface area (Å²) < 4.78 is 0. The van der Waals surface area contributed by atoms with Crippen LogP contribution in [-0.2, 0) is 0 Å². The molecule has 0 aliphatic carbocycles. The summed E-state index contributed by atoms with van der Waals surface area (Å²) in [7, 11) is 0. The Bertz CT molecular complexity index is 704. The van der Waals surface area contributed by atoms with Crippen LogP contribution in [0.2, 0.25) is 0 Å². The quantitative estimate of drug-likeness (QED) is 0.863. The summed E-state index contributed by atoms with van der Waals surface area (Å²) in [5.74, 6) is 0.668. The number of aryl methyl sites for hydroxylation is 2. The molecule has 138 valence electrons. The minimum absolute atomic E-state index is 0.158. The van der Waals surface area contributed by atoms with Crippen LogP contribution in [-0.4, -0.2) is 42.1 Å². The van der Waals surface area contributed by atoms with Gasteiger partial charge in [-0.3, -0.25) is 4.98 Å². The number of urea groups is 1. The van der Waals surface area contributed by atoms with Crippen molar-refractivity contribution in [3.63, 3.8) is 0 Å². The van der Waals surface area contributed by atoms with Crippen molar-refractivity contribution in [3.8, 4) is 0 Å². The van der Waals surface area contributed by atoms with Gasteiger partial charge in [-0.05, 0) is 63.4 Å². The average molecular weight is 352 g/mol. The van der Waals surface area contributed by atoms with E-state index >= 15 is 0 Å². The summed E-state index contributed by atoms with van der Waals surface area (Å²) in [4.78, 5) is 18.8. The highest BCUT2D eigenvalue weighted by atomic mass is 16.2. The topological polar surface area (TPSA) is 57.3 Å². The van der Waals surface area contributed by atoms with Gasteiger partial charge in [0.1, 0.15) is 0 Å². The number of aromatic nitrogens is 1. The molecule has 0 saturated carbocycles. The molecule has 2 heterocycles. The zero-order chi connectivity index (χ0) is 18.4. The number of benzene rings is 1. The molecule has 0 unspecified atom stereocenters. The Labute approximate surface area is 155 Å². The molecule has 26 heavy (non-hydrogen) atoms. The summed E-state index contributed by atoms with van der Waals surface area (Å²) >= 11 is 0. The number of anilines is 1.